The van der Waals surface area contributed by atoms with Crippen LogP contribution in [0.5, 0.6) is 5.75 Å². The molecule has 0 bridgehead atoms. The molecular formula is C15H20N2O2. The topological polar surface area (TPSA) is 65.3 Å². The van der Waals surface area contributed by atoms with Crippen molar-refractivity contribution in [2.24, 2.45) is 0 Å². The summed E-state index contributed by atoms with van der Waals surface area (Å²) in [6, 6.07) is 10.1. The first-order valence-electron chi connectivity index (χ1n) is 6.68. The average molecular weight is 260 g/mol. The summed E-state index contributed by atoms with van der Waals surface area (Å²) < 4.78 is 6.02. The number of hydrogen-bond donors (Lipinski definition) is 2. The third-order valence-electron chi connectivity index (χ3n) is 3.81. The third-order valence-corrected chi connectivity index (χ3v) is 3.81. The van der Waals surface area contributed by atoms with Gasteiger partial charge in [-0.3, -0.25) is 0 Å². The SMILES string of the molecule is CNC1(C#N)CCC(Oc2ccccc2CCO)C1. The van der Waals surface area contributed by atoms with Crippen molar-refractivity contribution in [2.45, 2.75) is 37.3 Å². The molecule has 0 aliphatic heterocycles. The summed E-state index contributed by atoms with van der Waals surface area (Å²) in [4.78, 5) is 0. The lowest BCUT2D eigenvalue weighted by atomic mass is 10.0. The van der Waals surface area contributed by atoms with Crippen LogP contribution in [0.1, 0.15) is 24.8 Å². The minimum Gasteiger partial charge on any atom is -0.490 e. The minimum absolute atomic E-state index is 0.0620. The van der Waals surface area contributed by atoms with E-state index in [1.165, 1.54) is 0 Å². The lowest BCUT2D eigenvalue weighted by Crippen LogP contribution is -2.39. The molecule has 1 fully saturated rings. The molecule has 0 heterocycles. The maximum Gasteiger partial charge on any atom is 0.122 e. The van der Waals surface area contributed by atoms with Crippen LogP contribution >= 0.6 is 0 Å². The fraction of sp³-hybridized carbons (Fsp3) is 0.533. The summed E-state index contributed by atoms with van der Waals surface area (Å²) >= 11 is 0. The minimum atomic E-state index is -0.448. The number of nitriles is 1. The Balaban J connectivity index is 2.05. The van der Waals surface area contributed by atoms with E-state index in [2.05, 4.69) is 11.4 Å². The quantitative estimate of drug-likeness (QED) is 0.844. The Hall–Kier alpha value is -1.57. The number of nitrogens with one attached hydrogen (secondary N) is 1. The van der Waals surface area contributed by atoms with Gasteiger partial charge in [-0.05, 0) is 37.9 Å². The Kier molecular flexibility index (Phi) is 4.41. The lowest BCUT2D eigenvalue weighted by Gasteiger charge is -2.21. The second-order valence-electron chi connectivity index (χ2n) is 5.01. The molecule has 0 saturated heterocycles. The van der Waals surface area contributed by atoms with Crippen LogP contribution in [0.15, 0.2) is 24.3 Å². The van der Waals surface area contributed by atoms with E-state index in [9.17, 15) is 5.26 Å². The second kappa shape index (κ2) is 6.05. The van der Waals surface area contributed by atoms with E-state index < -0.39 is 5.54 Å². The molecule has 2 N–H and O–H groups in total. The summed E-state index contributed by atoms with van der Waals surface area (Å²) in [5, 5.41) is 21.4. The van der Waals surface area contributed by atoms with E-state index in [0.717, 1.165) is 24.2 Å². The highest BCUT2D eigenvalue weighted by atomic mass is 16.5. The van der Waals surface area contributed by atoms with Gasteiger partial charge >= 0.3 is 0 Å². The number of hydrogen-bond acceptors (Lipinski definition) is 4. The van der Waals surface area contributed by atoms with Crippen LogP contribution in [-0.2, 0) is 6.42 Å². The van der Waals surface area contributed by atoms with Crippen molar-refractivity contribution in [2.75, 3.05) is 13.7 Å². The van der Waals surface area contributed by atoms with Crippen molar-refractivity contribution in [1.29, 1.82) is 5.26 Å². The molecule has 1 saturated carbocycles. The summed E-state index contributed by atoms with van der Waals surface area (Å²) in [5.41, 5.74) is 0.570. The smallest absolute Gasteiger partial charge is 0.122 e. The van der Waals surface area contributed by atoms with E-state index in [1.54, 1.807) is 0 Å². The van der Waals surface area contributed by atoms with Crippen LogP contribution in [0.3, 0.4) is 0 Å². The largest absolute Gasteiger partial charge is 0.490 e. The maximum atomic E-state index is 9.24. The molecule has 1 aliphatic rings. The highest BCUT2D eigenvalue weighted by molar-refractivity contribution is 5.34. The molecule has 4 nitrogen and oxygen atoms in total. The number of ether oxygens (including phenoxy) is 1. The molecule has 1 aliphatic carbocycles. The van der Waals surface area contributed by atoms with Crippen LogP contribution in [-0.4, -0.2) is 30.4 Å². The summed E-state index contributed by atoms with van der Waals surface area (Å²) in [6.07, 6.45) is 3.05. The van der Waals surface area contributed by atoms with Gasteiger partial charge in [-0.1, -0.05) is 18.2 Å². The molecule has 0 amide bonds. The lowest BCUT2D eigenvalue weighted by molar-refractivity contribution is 0.198. The summed E-state index contributed by atoms with van der Waals surface area (Å²) in [6.45, 7) is 0.115. The van der Waals surface area contributed by atoms with Crippen LogP contribution in [0.25, 0.3) is 0 Å². The standard InChI is InChI=1S/C15H20N2O2/c1-17-15(11-16)8-6-13(10-15)19-14-5-3-2-4-12(14)7-9-18/h2-5,13,17-18H,6-10H2,1H3. The molecule has 102 valence electrons. The van der Waals surface area contributed by atoms with Crippen molar-refractivity contribution < 1.29 is 9.84 Å². The number of nitrogens with zero attached hydrogens (tertiary/aromatic N) is 1. The maximum absolute atomic E-state index is 9.24. The second-order valence-corrected chi connectivity index (χ2v) is 5.01. The Labute approximate surface area is 114 Å². The summed E-state index contributed by atoms with van der Waals surface area (Å²) in [7, 11) is 1.82. The van der Waals surface area contributed by atoms with Gasteiger partial charge in [-0.25, -0.2) is 0 Å². The van der Waals surface area contributed by atoms with Gasteiger partial charge in [-0.2, -0.15) is 5.26 Å². The number of para-hydroxylation sites is 1. The Morgan fingerprint density at radius 2 is 2.32 bits per heavy atom. The van der Waals surface area contributed by atoms with Gasteiger partial charge in [0.2, 0.25) is 0 Å². The molecule has 0 spiro atoms. The fourth-order valence-corrected chi connectivity index (χ4v) is 2.61. The van der Waals surface area contributed by atoms with E-state index in [-0.39, 0.29) is 12.7 Å². The van der Waals surface area contributed by atoms with Gasteiger partial charge in [-0.15, -0.1) is 0 Å². The molecular weight excluding hydrogens is 240 g/mol. The fourth-order valence-electron chi connectivity index (χ4n) is 2.61. The first-order valence-corrected chi connectivity index (χ1v) is 6.68. The van der Waals surface area contributed by atoms with Crippen LogP contribution in [0.2, 0.25) is 0 Å². The van der Waals surface area contributed by atoms with Crippen molar-refractivity contribution in [3.8, 4) is 11.8 Å². The van der Waals surface area contributed by atoms with Gasteiger partial charge in [0.1, 0.15) is 17.4 Å². The molecule has 2 unspecified atom stereocenters. The first kappa shape index (κ1) is 13.9. The highest BCUT2D eigenvalue weighted by Gasteiger charge is 2.39. The van der Waals surface area contributed by atoms with Crippen molar-refractivity contribution in [3.05, 3.63) is 29.8 Å². The molecule has 19 heavy (non-hydrogen) atoms. The Bertz CT molecular complexity index is 469. The van der Waals surface area contributed by atoms with Crippen LogP contribution in [0, 0.1) is 11.3 Å². The highest BCUT2D eigenvalue weighted by Crippen LogP contribution is 2.33. The van der Waals surface area contributed by atoms with E-state index in [4.69, 9.17) is 9.84 Å². The van der Waals surface area contributed by atoms with Crippen LogP contribution < -0.4 is 10.1 Å². The molecule has 2 rings (SSSR count). The van der Waals surface area contributed by atoms with Crippen LogP contribution in [0.4, 0.5) is 0 Å². The summed E-state index contributed by atoms with van der Waals surface area (Å²) in [5.74, 6) is 0.825. The zero-order chi connectivity index (χ0) is 13.7. The zero-order valence-corrected chi connectivity index (χ0v) is 11.2. The van der Waals surface area contributed by atoms with E-state index in [0.29, 0.717) is 12.8 Å². The van der Waals surface area contributed by atoms with Crippen molar-refractivity contribution in [1.82, 2.24) is 5.32 Å². The third kappa shape index (κ3) is 3.06. The number of rotatable bonds is 5. The normalized spacial score (nSPS) is 26.1. The van der Waals surface area contributed by atoms with Gasteiger partial charge in [0.25, 0.3) is 0 Å². The van der Waals surface area contributed by atoms with Gasteiger partial charge in [0.15, 0.2) is 0 Å². The zero-order valence-electron chi connectivity index (χ0n) is 11.2. The number of benzene rings is 1. The van der Waals surface area contributed by atoms with Crippen molar-refractivity contribution >= 4 is 0 Å². The van der Waals surface area contributed by atoms with Gasteiger partial charge in [0.05, 0.1) is 6.07 Å². The molecule has 2 atom stereocenters. The van der Waals surface area contributed by atoms with Gasteiger partial charge in [0, 0.05) is 13.0 Å². The molecule has 0 radical (unpaired) electrons. The molecule has 1 aromatic carbocycles. The van der Waals surface area contributed by atoms with Crippen molar-refractivity contribution in [3.63, 3.8) is 0 Å². The predicted molar refractivity (Wildman–Crippen MR) is 72.9 cm³/mol. The molecule has 4 heteroatoms. The number of aliphatic hydroxyl groups is 1. The Morgan fingerprint density at radius 1 is 1.53 bits per heavy atom. The average Bonchev–Trinajstić information content (AvgIpc) is 2.85. The van der Waals surface area contributed by atoms with E-state index in [1.807, 2.05) is 31.3 Å². The van der Waals surface area contributed by atoms with Gasteiger partial charge < -0.3 is 15.2 Å². The number of aliphatic hydroxyl groups excluding tert-OH is 1. The predicted octanol–water partition coefficient (Wildman–Crippen LogP) is 1.63. The monoisotopic (exact) mass is 260 g/mol. The molecule has 1 aromatic rings. The molecule has 0 aromatic heterocycles. The van der Waals surface area contributed by atoms with E-state index >= 15 is 0 Å². The Morgan fingerprint density at radius 3 is 2.95 bits per heavy atom. The first-order chi connectivity index (χ1) is 9.23.